The summed E-state index contributed by atoms with van der Waals surface area (Å²) in [5, 5.41) is 11.4. The molecule has 0 unspecified atom stereocenters. The fraction of sp³-hybridized carbons (Fsp3) is 0.300. The molecule has 0 fully saturated rings. The minimum absolute atomic E-state index is 0.134. The molecule has 2 heterocycles. The molecule has 0 aliphatic rings. The maximum absolute atomic E-state index is 12.5. The van der Waals surface area contributed by atoms with Gasteiger partial charge in [-0.15, -0.1) is 10.2 Å². The minimum atomic E-state index is -1.13. The molecule has 0 aliphatic heterocycles. The van der Waals surface area contributed by atoms with E-state index in [2.05, 4.69) is 15.5 Å². The Morgan fingerprint density at radius 1 is 1.21 bits per heavy atom. The van der Waals surface area contributed by atoms with Gasteiger partial charge in [0.05, 0.1) is 23.0 Å². The number of carbonyl (C=O) groups is 2. The first-order chi connectivity index (χ1) is 13.7. The zero-order chi connectivity index (χ0) is 21.0. The van der Waals surface area contributed by atoms with Crippen LogP contribution in [0.5, 0.6) is 0 Å². The van der Waals surface area contributed by atoms with Crippen LogP contribution in [0.25, 0.3) is 5.65 Å². The van der Waals surface area contributed by atoms with Gasteiger partial charge in [-0.1, -0.05) is 41.9 Å². The third-order valence-corrected chi connectivity index (χ3v) is 4.43. The van der Waals surface area contributed by atoms with Crippen LogP contribution in [0.2, 0.25) is 5.02 Å². The third kappa shape index (κ3) is 5.30. The Kier molecular flexibility index (Phi) is 6.14. The molecular weight excluding hydrogens is 394 g/mol. The standard InChI is InChI=1S/C20H22ClN5O3/c1-20(2,22)19(28)23-15(10-17(27)29-12-13-6-4-3-5-7-13)18-25-24-16-9-8-14(21)11-26(16)18/h3-9,11,15H,10,12,22H2,1-2H3,(H,23,28)/t15-/m1/s1. The molecular formula is C20H22ClN5O3. The molecule has 3 aromatic rings. The third-order valence-electron chi connectivity index (χ3n) is 4.21. The van der Waals surface area contributed by atoms with Gasteiger partial charge in [0, 0.05) is 6.20 Å². The molecule has 0 spiro atoms. The van der Waals surface area contributed by atoms with Crippen LogP contribution in [-0.2, 0) is 20.9 Å². The van der Waals surface area contributed by atoms with Crippen LogP contribution in [0.4, 0.5) is 0 Å². The molecule has 152 valence electrons. The van der Waals surface area contributed by atoms with Crippen molar-refractivity contribution in [3.05, 3.63) is 65.1 Å². The van der Waals surface area contributed by atoms with Gasteiger partial charge in [-0.05, 0) is 31.5 Å². The number of carbonyl (C=O) groups excluding carboxylic acids is 2. The van der Waals surface area contributed by atoms with E-state index in [9.17, 15) is 9.59 Å². The summed E-state index contributed by atoms with van der Waals surface area (Å²) in [4.78, 5) is 24.9. The number of amides is 1. The number of pyridine rings is 1. The van der Waals surface area contributed by atoms with Crippen LogP contribution >= 0.6 is 11.6 Å². The first kappa shape index (κ1) is 20.8. The molecule has 3 N–H and O–H groups in total. The van der Waals surface area contributed by atoms with Crippen molar-refractivity contribution in [2.24, 2.45) is 5.73 Å². The van der Waals surface area contributed by atoms with Gasteiger partial charge in [-0.3, -0.25) is 14.0 Å². The summed E-state index contributed by atoms with van der Waals surface area (Å²) in [5.41, 5.74) is 6.16. The van der Waals surface area contributed by atoms with Crippen molar-refractivity contribution in [2.75, 3.05) is 0 Å². The highest BCUT2D eigenvalue weighted by molar-refractivity contribution is 6.30. The number of fused-ring (bicyclic) bond motifs is 1. The highest BCUT2D eigenvalue weighted by Gasteiger charge is 2.29. The van der Waals surface area contributed by atoms with Crippen molar-refractivity contribution in [3.63, 3.8) is 0 Å². The van der Waals surface area contributed by atoms with Crippen LogP contribution in [0.1, 0.15) is 37.7 Å². The Balaban J connectivity index is 1.81. The van der Waals surface area contributed by atoms with Crippen molar-refractivity contribution >= 4 is 29.1 Å². The number of esters is 1. The number of rotatable bonds is 7. The number of ether oxygens (including phenoxy) is 1. The average molecular weight is 416 g/mol. The summed E-state index contributed by atoms with van der Waals surface area (Å²) in [5.74, 6) is -0.568. The number of nitrogens with zero attached hydrogens (tertiary/aromatic N) is 3. The number of hydrogen-bond donors (Lipinski definition) is 2. The number of halogens is 1. The zero-order valence-corrected chi connectivity index (χ0v) is 16.9. The Morgan fingerprint density at radius 2 is 1.93 bits per heavy atom. The van der Waals surface area contributed by atoms with E-state index in [0.717, 1.165) is 5.56 Å². The predicted molar refractivity (Wildman–Crippen MR) is 108 cm³/mol. The first-order valence-electron chi connectivity index (χ1n) is 9.03. The average Bonchev–Trinajstić information content (AvgIpc) is 3.09. The Morgan fingerprint density at radius 3 is 2.62 bits per heavy atom. The lowest BCUT2D eigenvalue weighted by Gasteiger charge is -2.23. The van der Waals surface area contributed by atoms with Gasteiger partial charge in [0.1, 0.15) is 6.61 Å². The molecule has 3 rings (SSSR count). The van der Waals surface area contributed by atoms with Crippen molar-refractivity contribution < 1.29 is 14.3 Å². The van der Waals surface area contributed by atoms with E-state index in [1.807, 2.05) is 30.3 Å². The summed E-state index contributed by atoms with van der Waals surface area (Å²) in [7, 11) is 0. The normalized spacial score (nSPS) is 12.6. The van der Waals surface area contributed by atoms with Crippen LogP contribution in [-0.4, -0.2) is 32.0 Å². The zero-order valence-electron chi connectivity index (χ0n) is 16.1. The van der Waals surface area contributed by atoms with Crippen LogP contribution in [0.3, 0.4) is 0 Å². The number of nitrogens with two attached hydrogens (primary N) is 1. The van der Waals surface area contributed by atoms with Gasteiger partial charge in [-0.25, -0.2) is 0 Å². The smallest absolute Gasteiger partial charge is 0.308 e. The van der Waals surface area contributed by atoms with Crippen molar-refractivity contribution in [2.45, 2.75) is 38.5 Å². The quantitative estimate of drug-likeness (QED) is 0.573. The van der Waals surface area contributed by atoms with Crippen LogP contribution < -0.4 is 11.1 Å². The SMILES string of the molecule is CC(C)(N)C(=O)N[C@H](CC(=O)OCc1ccccc1)c1nnc2ccc(Cl)cn12. The van der Waals surface area contributed by atoms with E-state index in [0.29, 0.717) is 16.5 Å². The van der Waals surface area contributed by atoms with Gasteiger partial charge in [-0.2, -0.15) is 0 Å². The van der Waals surface area contributed by atoms with Crippen molar-refractivity contribution in [1.29, 1.82) is 0 Å². The molecule has 1 aromatic carbocycles. The fourth-order valence-electron chi connectivity index (χ4n) is 2.63. The number of nitrogens with one attached hydrogen (secondary N) is 1. The van der Waals surface area contributed by atoms with E-state index in [4.69, 9.17) is 22.1 Å². The van der Waals surface area contributed by atoms with Gasteiger partial charge in [0.25, 0.3) is 0 Å². The van der Waals surface area contributed by atoms with Gasteiger partial charge >= 0.3 is 5.97 Å². The maximum atomic E-state index is 12.5. The summed E-state index contributed by atoms with van der Waals surface area (Å²) in [6.45, 7) is 3.28. The predicted octanol–water partition coefficient (Wildman–Crippen LogP) is 2.41. The second-order valence-corrected chi connectivity index (χ2v) is 7.67. The largest absolute Gasteiger partial charge is 0.461 e. The highest BCUT2D eigenvalue weighted by atomic mass is 35.5. The minimum Gasteiger partial charge on any atom is -0.461 e. The molecule has 1 atom stereocenters. The first-order valence-corrected chi connectivity index (χ1v) is 9.41. The number of benzene rings is 1. The summed E-state index contributed by atoms with van der Waals surface area (Å²) < 4.78 is 6.98. The van der Waals surface area contributed by atoms with Gasteiger partial charge in [0.2, 0.25) is 5.91 Å². The molecule has 0 aliphatic carbocycles. The molecule has 0 bridgehead atoms. The molecule has 9 heteroatoms. The Hall–Kier alpha value is -2.97. The van der Waals surface area contributed by atoms with E-state index in [1.165, 1.54) is 0 Å². The highest BCUT2D eigenvalue weighted by Crippen LogP contribution is 2.20. The van der Waals surface area contributed by atoms with E-state index in [-0.39, 0.29) is 13.0 Å². The fourth-order valence-corrected chi connectivity index (χ4v) is 2.80. The molecule has 0 radical (unpaired) electrons. The van der Waals surface area contributed by atoms with Crippen LogP contribution in [0, 0.1) is 0 Å². The number of aromatic nitrogens is 3. The van der Waals surface area contributed by atoms with E-state index < -0.39 is 23.5 Å². The van der Waals surface area contributed by atoms with E-state index in [1.54, 1.807) is 36.6 Å². The Bertz CT molecular complexity index is 1010. The summed E-state index contributed by atoms with van der Waals surface area (Å²) in [6.07, 6.45) is 1.48. The lowest BCUT2D eigenvalue weighted by Crippen LogP contribution is -2.50. The molecule has 1 amide bonds. The van der Waals surface area contributed by atoms with Crippen molar-refractivity contribution in [3.8, 4) is 0 Å². The second kappa shape index (κ2) is 8.59. The molecule has 0 saturated heterocycles. The van der Waals surface area contributed by atoms with E-state index >= 15 is 0 Å². The lowest BCUT2D eigenvalue weighted by atomic mass is 10.0. The maximum Gasteiger partial charge on any atom is 0.308 e. The summed E-state index contributed by atoms with van der Waals surface area (Å²) in [6, 6.07) is 11.9. The van der Waals surface area contributed by atoms with Gasteiger partial charge in [0.15, 0.2) is 11.5 Å². The Labute approximate surface area is 173 Å². The monoisotopic (exact) mass is 415 g/mol. The van der Waals surface area contributed by atoms with Crippen molar-refractivity contribution in [1.82, 2.24) is 19.9 Å². The molecule has 2 aromatic heterocycles. The summed E-state index contributed by atoms with van der Waals surface area (Å²) >= 11 is 6.08. The van der Waals surface area contributed by atoms with Gasteiger partial charge < -0.3 is 15.8 Å². The topological polar surface area (TPSA) is 112 Å². The lowest BCUT2D eigenvalue weighted by molar-refractivity contribution is -0.145. The molecule has 8 nitrogen and oxygen atoms in total. The molecule has 29 heavy (non-hydrogen) atoms. The number of hydrogen-bond acceptors (Lipinski definition) is 6. The van der Waals surface area contributed by atoms with Crippen LogP contribution in [0.15, 0.2) is 48.7 Å². The molecule has 0 saturated carbocycles. The second-order valence-electron chi connectivity index (χ2n) is 7.23.